The molecule has 0 aliphatic rings. The minimum atomic E-state index is -0.531. The highest BCUT2D eigenvalue weighted by molar-refractivity contribution is 5.29. The quantitative estimate of drug-likeness (QED) is 0.768. The Hall–Kier alpha value is -0.860. The lowest BCUT2D eigenvalue weighted by Crippen LogP contribution is -2.28. The summed E-state index contributed by atoms with van der Waals surface area (Å²) in [5, 5.41) is 9.98. The molecule has 0 aliphatic heterocycles. The number of aliphatic hydroxyl groups excluding tert-OH is 1. The van der Waals surface area contributed by atoms with Crippen molar-refractivity contribution in [2.24, 2.45) is 5.73 Å². The second-order valence-electron chi connectivity index (χ2n) is 3.57. The molecule has 0 saturated carbocycles. The number of rotatable bonds is 4. The van der Waals surface area contributed by atoms with E-state index in [1.165, 1.54) is 5.56 Å². The molecular weight excluding hydrogens is 174 g/mol. The van der Waals surface area contributed by atoms with E-state index < -0.39 is 6.10 Å². The van der Waals surface area contributed by atoms with Crippen molar-refractivity contribution in [3.05, 3.63) is 35.4 Å². The molecule has 78 valence electrons. The second kappa shape index (κ2) is 5.13. The van der Waals surface area contributed by atoms with Gasteiger partial charge >= 0.3 is 0 Å². The molecular formula is C12H19NO. The van der Waals surface area contributed by atoms with Gasteiger partial charge in [-0.05, 0) is 24.0 Å². The molecule has 2 nitrogen and oxygen atoms in total. The van der Waals surface area contributed by atoms with E-state index in [2.05, 4.69) is 6.92 Å². The van der Waals surface area contributed by atoms with Crippen LogP contribution in [0.3, 0.4) is 0 Å². The molecule has 0 spiro atoms. The van der Waals surface area contributed by atoms with Gasteiger partial charge in [0.2, 0.25) is 0 Å². The summed E-state index contributed by atoms with van der Waals surface area (Å²) >= 11 is 0. The van der Waals surface area contributed by atoms with Crippen LogP contribution in [0, 0.1) is 0 Å². The van der Waals surface area contributed by atoms with Crippen LogP contribution in [0.1, 0.15) is 37.5 Å². The summed E-state index contributed by atoms with van der Waals surface area (Å²) in [4.78, 5) is 0. The van der Waals surface area contributed by atoms with Gasteiger partial charge in [-0.15, -0.1) is 0 Å². The van der Waals surface area contributed by atoms with E-state index in [4.69, 9.17) is 5.73 Å². The van der Waals surface area contributed by atoms with Gasteiger partial charge in [0.15, 0.2) is 0 Å². The Balaban J connectivity index is 2.93. The predicted molar refractivity (Wildman–Crippen MR) is 59.0 cm³/mol. The summed E-state index contributed by atoms with van der Waals surface area (Å²) < 4.78 is 0. The fourth-order valence-electron chi connectivity index (χ4n) is 1.60. The molecule has 14 heavy (non-hydrogen) atoms. The van der Waals surface area contributed by atoms with Crippen LogP contribution in [0.5, 0.6) is 0 Å². The number of aryl methyl sites for hydroxylation is 1. The highest BCUT2D eigenvalue weighted by Gasteiger charge is 2.16. The molecule has 1 aromatic carbocycles. The first-order valence-electron chi connectivity index (χ1n) is 5.22. The molecule has 0 amide bonds. The van der Waals surface area contributed by atoms with Crippen LogP contribution in [-0.2, 0) is 6.42 Å². The molecule has 0 heterocycles. The third kappa shape index (κ3) is 2.34. The predicted octanol–water partition coefficient (Wildman–Crippen LogP) is 2.02. The van der Waals surface area contributed by atoms with Crippen molar-refractivity contribution in [2.75, 3.05) is 0 Å². The van der Waals surface area contributed by atoms with Crippen LogP contribution in [0.2, 0.25) is 0 Å². The lowest BCUT2D eigenvalue weighted by Gasteiger charge is -2.20. The highest BCUT2D eigenvalue weighted by atomic mass is 16.3. The zero-order valence-electron chi connectivity index (χ0n) is 8.90. The van der Waals surface area contributed by atoms with Crippen molar-refractivity contribution in [3.8, 4) is 0 Å². The molecule has 2 unspecified atom stereocenters. The summed E-state index contributed by atoms with van der Waals surface area (Å²) in [6.07, 6.45) is 1.19. The Kier molecular flexibility index (Phi) is 4.11. The van der Waals surface area contributed by atoms with Crippen LogP contribution in [-0.4, -0.2) is 11.1 Å². The fraction of sp³-hybridized carbons (Fsp3) is 0.500. The molecule has 1 rings (SSSR count). The number of aliphatic hydroxyl groups is 1. The molecule has 0 aromatic heterocycles. The molecule has 0 saturated heterocycles. The van der Waals surface area contributed by atoms with Crippen LogP contribution in [0.15, 0.2) is 24.3 Å². The van der Waals surface area contributed by atoms with Crippen LogP contribution >= 0.6 is 0 Å². The summed E-state index contributed by atoms with van der Waals surface area (Å²) in [5.74, 6) is 0. The van der Waals surface area contributed by atoms with Crippen molar-refractivity contribution >= 4 is 0 Å². The monoisotopic (exact) mass is 193 g/mol. The lowest BCUT2D eigenvalue weighted by molar-refractivity contribution is 0.143. The summed E-state index contributed by atoms with van der Waals surface area (Å²) in [5.41, 5.74) is 7.98. The average Bonchev–Trinajstić information content (AvgIpc) is 2.26. The summed E-state index contributed by atoms with van der Waals surface area (Å²) in [7, 11) is 0. The highest BCUT2D eigenvalue weighted by Crippen LogP contribution is 2.21. The molecule has 3 N–H and O–H groups in total. The minimum Gasteiger partial charge on any atom is -0.387 e. The van der Waals surface area contributed by atoms with Gasteiger partial charge in [0.05, 0.1) is 6.10 Å². The van der Waals surface area contributed by atoms with Crippen LogP contribution < -0.4 is 5.73 Å². The van der Waals surface area contributed by atoms with Gasteiger partial charge in [-0.2, -0.15) is 0 Å². The van der Waals surface area contributed by atoms with E-state index >= 15 is 0 Å². The lowest BCUT2D eigenvalue weighted by atomic mass is 9.95. The van der Waals surface area contributed by atoms with Crippen LogP contribution in [0.25, 0.3) is 0 Å². The van der Waals surface area contributed by atoms with Gasteiger partial charge in [0, 0.05) is 6.04 Å². The first-order valence-corrected chi connectivity index (χ1v) is 5.22. The second-order valence-corrected chi connectivity index (χ2v) is 3.57. The normalized spacial score (nSPS) is 15.1. The smallest absolute Gasteiger partial charge is 0.0943 e. The van der Waals surface area contributed by atoms with Gasteiger partial charge in [0.1, 0.15) is 0 Å². The SMILES string of the molecule is CCc1ccccc1C(O)C(N)CC. The van der Waals surface area contributed by atoms with Crippen molar-refractivity contribution in [2.45, 2.75) is 38.8 Å². The molecule has 0 radical (unpaired) electrons. The Labute approximate surface area is 85.8 Å². The molecule has 2 atom stereocenters. The first-order chi connectivity index (χ1) is 6.70. The van der Waals surface area contributed by atoms with E-state index in [9.17, 15) is 5.11 Å². The maximum absolute atomic E-state index is 9.98. The molecule has 0 fully saturated rings. The van der Waals surface area contributed by atoms with E-state index in [-0.39, 0.29) is 6.04 Å². The number of benzene rings is 1. The average molecular weight is 193 g/mol. The number of nitrogens with two attached hydrogens (primary N) is 1. The summed E-state index contributed by atoms with van der Waals surface area (Å²) in [6, 6.07) is 7.77. The van der Waals surface area contributed by atoms with Gasteiger partial charge in [-0.1, -0.05) is 38.1 Å². The zero-order chi connectivity index (χ0) is 10.6. The Morgan fingerprint density at radius 1 is 1.29 bits per heavy atom. The van der Waals surface area contributed by atoms with E-state index in [1.54, 1.807) is 0 Å². The largest absolute Gasteiger partial charge is 0.387 e. The number of hydrogen-bond acceptors (Lipinski definition) is 2. The molecule has 0 bridgehead atoms. The molecule has 1 aromatic rings. The number of hydrogen-bond donors (Lipinski definition) is 2. The van der Waals surface area contributed by atoms with Crippen LogP contribution in [0.4, 0.5) is 0 Å². The molecule has 0 aliphatic carbocycles. The van der Waals surface area contributed by atoms with Gasteiger partial charge < -0.3 is 10.8 Å². The summed E-state index contributed by atoms with van der Waals surface area (Å²) in [6.45, 7) is 4.07. The van der Waals surface area contributed by atoms with Crippen molar-refractivity contribution < 1.29 is 5.11 Å². The topological polar surface area (TPSA) is 46.2 Å². The minimum absolute atomic E-state index is 0.164. The third-order valence-electron chi connectivity index (χ3n) is 2.63. The fourth-order valence-corrected chi connectivity index (χ4v) is 1.60. The maximum Gasteiger partial charge on any atom is 0.0943 e. The van der Waals surface area contributed by atoms with E-state index in [1.807, 2.05) is 31.2 Å². The standard InChI is InChI=1S/C12H19NO/c1-3-9-7-5-6-8-10(9)12(14)11(13)4-2/h5-8,11-12,14H,3-4,13H2,1-2H3. The maximum atomic E-state index is 9.98. The zero-order valence-corrected chi connectivity index (χ0v) is 8.90. The van der Waals surface area contributed by atoms with Gasteiger partial charge in [0.25, 0.3) is 0 Å². The van der Waals surface area contributed by atoms with Crippen molar-refractivity contribution in [3.63, 3.8) is 0 Å². The Morgan fingerprint density at radius 2 is 1.93 bits per heavy atom. The van der Waals surface area contributed by atoms with E-state index in [0.29, 0.717) is 0 Å². The van der Waals surface area contributed by atoms with E-state index in [0.717, 1.165) is 18.4 Å². The Morgan fingerprint density at radius 3 is 2.50 bits per heavy atom. The third-order valence-corrected chi connectivity index (χ3v) is 2.63. The Bertz CT molecular complexity index is 285. The van der Waals surface area contributed by atoms with Crippen molar-refractivity contribution in [1.29, 1.82) is 0 Å². The van der Waals surface area contributed by atoms with Gasteiger partial charge in [-0.25, -0.2) is 0 Å². The van der Waals surface area contributed by atoms with Crippen molar-refractivity contribution in [1.82, 2.24) is 0 Å². The van der Waals surface area contributed by atoms with Gasteiger partial charge in [-0.3, -0.25) is 0 Å². The molecule has 2 heteroatoms. The first kappa shape index (κ1) is 11.2.